The number of fused-ring (bicyclic) bond motifs is 2. The van der Waals surface area contributed by atoms with Crippen molar-refractivity contribution in [3.8, 4) is 0 Å². The highest BCUT2D eigenvalue weighted by Crippen LogP contribution is 2.35. The van der Waals surface area contributed by atoms with Gasteiger partial charge in [0.2, 0.25) is 15.8 Å². The van der Waals surface area contributed by atoms with Crippen molar-refractivity contribution < 1.29 is 13.2 Å². The Morgan fingerprint density at radius 2 is 1.94 bits per heavy atom. The largest absolute Gasteiger partial charge is 0.332 e. The van der Waals surface area contributed by atoms with E-state index in [9.17, 15) is 13.2 Å². The van der Waals surface area contributed by atoms with Gasteiger partial charge in [0.05, 0.1) is 15.9 Å². The standard InChI is InChI=1S/C23H28N4O3S/c24-31(29,30)19-10-11-21-20(14-19)25-22(27(21)18-8-2-1-3-9-18)23(28)26-13-12-16-6-4-5-7-17(16)15-26/h4-5,7,10-11,14,16,18H,1-3,6,8-9,12-13,15H2,(H2,24,29,30). The fourth-order valence-corrected chi connectivity index (χ4v) is 5.78. The van der Waals surface area contributed by atoms with Crippen LogP contribution in [0.2, 0.25) is 0 Å². The van der Waals surface area contributed by atoms with Crippen molar-refractivity contribution in [1.29, 1.82) is 0 Å². The van der Waals surface area contributed by atoms with E-state index in [-0.39, 0.29) is 16.8 Å². The fourth-order valence-electron chi connectivity index (χ4n) is 5.25. The zero-order valence-corrected chi connectivity index (χ0v) is 18.4. The molecule has 1 unspecified atom stereocenters. The van der Waals surface area contributed by atoms with E-state index < -0.39 is 10.0 Å². The summed E-state index contributed by atoms with van der Waals surface area (Å²) in [6.45, 7) is 1.34. The Morgan fingerprint density at radius 1 is 1.13 bits per heavy atom. The molecule has 3 aliphatic rings. The third kappa shape index (κ3) is 3.83. The van der Waals surface area contributed by atoms with Crippen LogP contribution in [0.3, 0.4) is 0 Å². The SMILES string of the molecule is NS(=O)(=O)c1ccc2c(c1)nc(C(=O)N1CCC3CC=CC=C3C1)n2C1CCCCC1. The third-order valence-electron chi connectivity index (χ3n) is 6.92. The molecule has 1 aromatic carbocycles. The molecule has 2 aliphatic carbocycles. The molecule has 1 aromatic heterocycles. The van der Waals surface area contributed by atoms with Crippen LogP contribution < -0.4 is 5.14 Å². The molecule has 0 bridgehead atoms. The Balaban J connectivity index is 1.56. The summed E-state index contributed by atoms with van der Waals surface area (Å²) >= 11 is 0. The fraction of sp³-hybridized carbons (Fsp3) is 0.478. The molecule has 0 spiro atoms. The van der Waals surface area contributed by atoms with Crippen LogP contribution in [-0.4, -0.2) is 41.9 Å². The third-order valence-corrected chi connectivity index (χ3v) is 7.83. The molecule has 0 radical (unpaired) electrons. The van der Waals surface area contributed by atoms with Gasteiger partial charge in [-0.05, 0) is 55.4 Å². The summed E-state index contributed by atoms with van der Waals surface area (Å²) in [5.74, 6) is 0.871. The summed E-state index contributed by atoms with van der Waals surface area (Å²) in [5, 5.41) is 5.33. The number of piperidine rings is 1. The first-order valence-electron chi connectivity index (χ1n) is 11.1. The average Bonchev–Trinajstić information content (AvgIpc) is 3.17. The molecule has 2 aromatic rings. The van der Waals surface area contributed by atoms with E-state index in [0.717, 1.165) is 44.0 Å². The van der Waals surface area contributed by atoms with Gasteiger partial charge in [0.15, 0.2) is 0 Å². The van der Waals surface area contributed by atoms with E-state index in [1.165, 1.54) is 24.1 Å². The first kappa shape index (κ1) is 20.5. The van der Waals surface area contributed by atoms with Gasteiger partial charge in [-0.25, -0.2) is 18.5 Å². The normalized spacial score (nSPS) is 22.4. The molecule has 1 saturated heterocycles. The Morgan fingerprint density at radius 3 is 2.71 bits per heavy atom. The van der Waals surface area contributed by atoms with Crippen molar-refractivity contribution in [2.24, 2.45) is 11.1 Å². The average molecular weight is 441 g/mol. The number of hydrogen-bond acceptors (Lipinski definition) is 4. The highest BCUT2D eigenvalue weighted by molar-refractivity contribution is 7.89. The molecule has 1 saturated carbocycles. The highest BCUT2D eigenvalue weighted by atomic mass is 32.2. The number of likely N-dealkylation sites (tertiary alicyclic amines) is 1. The van der Waals surface area contributed by atoms with Gasteiger partial charge < -0.3 is 9.47 Å². The van der Waals surface area contributed by atoms with Gasteiger partial charge in [0, 0.05) is 19.1 Å². The minimum absolute atomic E-state index is 0.0206. The predicted octanol–water partition coefficient (Wildman–Crippen LogP) is 3.54. The summed E-state index contributed by atoms with van der Waals surface area (Å²) < 4.78 is 25.7. The molecule has 8 heteroatoms. The second kappa shape index (κ2) is 7.91. The molecular formula is C23H28N4O3S. The molecule has 5 rings (SSSR count). The molecule has 2 N–H and O–H groups in total. The van der Waals surface area contributed by atoms with E-state index in [4.69, 9.17) is 5.14 Å². The second-order valence-electron chi connectivity index (χ2n) is 8.91. The van der Waals surface area contributed by atoms with Gasteiger partial charge >= 0.3 is 0 Å². The zero-order chi connectivity index (χ0) is 21.6. The lowest BCUT2D eigenvalue weighted by Crippen LogP contribution is -2.41. The molecule has 164 valence electrons. The van der Waals surface area contributed by atoms with E-state index in [2.05, 4.69) is 27.8 Å². The second-order valence-corrected chi connectivity index (χ2v) is 10.5. The van der Waals surface area contributed by atoms with Crippen LogP contribution in [0.4, 0.5) is 0 Å². The number of amides is 1. The molecular weight excluding hydrogens is 412 g/mol. The number of primary sulfonamides is 1. The van der Waals surface area contributed by atoms with Crippen molar-refractivity contribution >= 4 is 27.0 Å². The lowest BCUT2D eigenvalue weighted by atomic mass is 9.85. The number of benzene rings is 1. The number of aromatic nitrogens is 2. The van der Waals surface area contributed by atoms with E-state index in [1.54, 1.807) is 6.07 Å². The Bertz CT molecular complexity index is 1190. The van der Waals surface area contributed by atoms with Crippen molar-refractivity contribution in [2.75, 3.05) is 13.1 Å². The monoisotopic (exact) mass is 440 g/mol. The summed E-state index contributed by atoms with van der Waals surface area (Å²) in [4.78, 5) is 20.2. The van der Waals surface area contributed by atoms with Gasteiger partial charge in [-0.15, -0.1) is 0 Å². The molecule has 1 amide bonds. The minimum Gasteiger partial charge on any atom is -0.332 e. The number of carbonyl (C=O) groups excluding carboxylic acids is 1. The predicted molar refractivity (Wildman–Crippen MR) is 119 cm³/mol. The molecule has 1 aliphatic heterocycles. The van der Waals surface area contributed by atoms with Gasteiger partial charge in [-0.2, -0.15) is 0 Å². The maximum absolute atomic E-state index is 13.6. The number of carbonyl (C=O) groups is 1. The topological polar surface area (TPSA) is 98.3 Å². The van der Waals surface area contributed by atoms with Crippen LogP contribution in [0.1, 0.15) is 61.6 Å². The molecule has 7 nitrogen and oxygen atoms in total. The molecule has 31 heavy (non-hydrogen) atoms. The van der Waals surface area contributed by atoms with Crippen LogP contribution in [-0.2, 0) is 10.0 Å². The maximum atomic E-state index is 13.6. The van der Waals surface area contributed by atoms with E-state index in [1.807, 2.05) is 4.90 Å². The van der Waals surface area contributed by atoms with Gasteiger partial charge in [-0.1, -0.05) is 37.5 Å². The number of imidazole rings is 1. The van der Waals surface area contributed by atoms with Crippen molar-refractivity contribution in [3.63, 3.8) is 0 Å². The summed E-state index contributed by atoms with van der Waals surface area (Å²) in [6.07, 6.45) is 13.9. The summed E-state index contributed by atoms with van der Waals surface area (Å²) in [5.41, 5.74) is 2.62. The number of rotatable bonds is 3. The van der Waals surface area contributed by atoms with Gasteiger partial charge in [-0.3, -0.25) is 4.79 Å². The quantitative estimate of drug-likeness (QED) is 0.789. The Kier molecular flexibility index (Phi) is 5.22. The molecule has 1 atom stereocenters. The molecule has 2 heterocycles. The number of nitrogens with zero attached hydrogens (tertiary/aromatic N) is 3. The van der Waals surface area contributed by atoms with Crippen LogP contribution in [0, 0.1) is 5.92 Å². The van der Waals surface area contributed by atoms with Crippen molar-refractivity contribution in [2.45, 2.75) is 55.9 Å². The number of nitrogens with two attached hydrogens (primary N) is 1. The van der Waals surface area contributed by atoms with Crippen LogP contribution in [0.5, 0.6) is 0 Å². The van der Waals surface area contributed by atoms with Gasteiger partial charge in [0.25, 0.3) is 5.91 Å². The first-order chi connectivity index (χ1) is 14.9. The lowest BCUT2D eigenvalue weighted by molar-refractivity contribution is 0.0714. The summed E-state index contributed by atoms with van der Waals surface area (Å²) in [7, 11) is -3.84. The summed E-state index contributed by atoms with van der Waals surface area (Å²) in [6, 6.07) is 4.94. The van der Waals surface area contributed by atoms with Gasteiger partial charge in [0.1, 0.15) is 0 Å². The van der Waals surface area contributed by atoms with E-state index >= 15 is 0 Å². The van der Waals surface area contributed by atoms with E-state index in [0.29, 0.717) is 30.3 Å². The lowest BCUT2D eigenvalue weighted by Gasteiger charge is -2.35. The Labute approximate surface area is 182 Å². The highest BCUT2D eigenvalue weighted by Gasteiger charge is 2.32. The van der Waals surface area contributed by atoms with Crippen molar-refractivity contribution in [3.05, 3.63) is 47.8 Å². The first-order valence-corrected chi connectivity index (χ1v) is 12.7. The minimum atomic E-state index is -3.84. The Hall–Kier alpha value is -2.45. The van der Waals surface area contributed by atoms with Crippen LogP contribution in [0.25, 0.3) is 11.0 Å². The molecule has 2 fully saturated rings. The maximum Gasteiger partial charge on any atom is 0.290 e. The van der Waals surface area contributed by atoms with Crippen LogP contribution in [0.15, 0.2) is 46.9 Å². The number of hydrogen-bond donors (Lipinski definition) is 1. The number of sulfonamides is 1. The van der Waals surface area contributed by atoms with Crippen LogP contribution >= 0.6 is 0 Å². The zero-order valence-electron chi connectivity index (χ0n) is 17.5. The smallest absolute Gasteiger partial charge is 0.290 e. The number of allylic oxidation sites excluding steroid dienone is 3. The van der Waals surface area contributed by atoms with Crippen molar-refractivity contribution in [1.82, 2.24) is 14.5 Å².